The molecule has 126 valence electrons. The molecule has 2 nitrogen and oxygen atoms in total. The van der Waals surface area contributed by atoms with Crippen LogP contribution < -0.4 is 5.73 Å². The number of rotatable bonds is 4. The lowest BCUT2D eigenvalue weighted by Gasteiger charge is -2.97. The van der Waals surface area contributed by atoms with Crippen LogP contribution in [0.25, 0.3) is 0 Å². The van der Waals surface area contributed by atoms with Crippen LogP contribution >= 0.6 is 0 Å². The SMILES string of the molecule is NC(=O)C12CC3C(Cc4ccccc4)C4CC(c5ccccc5)(C1)C342. The molecule has 2 aromatic carbocycles. The van der Waals surface area contributed by atoms with E-state index in [0.29, 0.717) is 11.8 Å². The Morgan fingerprint density at radius 3 is 2.24 bits per heavy atom. The van der Waals surface area contributed by atoms with E-state index >= 15 is 0 Å². The van der Waals surface area contributed by atoms with E-state index in [4.69, 9.17) is 5.73 Å². The Balaban J connectivity index is 1.37. The predicted molar refractivity (Wildman–Crippen MR) is 96.6 cm³/mol. The lowest BCUT2D eigenvalue weighted by atomic mass is 9.05. The molecule has 25 heavy (non-hydrogen) atoms. The summed E-state index contributed by atoms with van der Waals surface area (Å²) in [6, 6.07) is 21.8. The van der Waals surface area contributed by atoms with Gasteiger partial charge in [-0.05, 0) is 54.6 Å². The zero-order chi connectivity index (χ0) is 16.9. The Labute approximate surface area is 148 Å². The molecule has 6 unspecified atom stereocenters. The van der Waals surface area contributed by atoms with Crippen LogP contribution in [0.2, 0.25) is 0 Å². The molecule has 0 bridgehead atoms. The summed E-state index contributed by atoms with van der Waals surface area (Å²) in [5, 5.41) is 0. The molecule has 4 saturated carbocycles. The highest BCUT2D eigenvalue weighted by Gasteiger charge is 2.97. The monoisotopic (exact) mass is 329 g/mol. The molecule has 1 amide bonds. The van der Waals surface area contributed by atoms with Crippen molar-refractivity contribution in [2.45, 2.75) is 31.1 Å². The number of benzene rings is 2. The lowest BCUT2D eigenvalue weighted by Crippen LogP contribution is -2.96. The molecule has 0 radical (unpaired) electrons. The lowest BCUT2D eigenvalue weighted by molar-refractivity contribution is -0.456. The molecule has 0 heterocycles. The zero-order valence-electron chi connectivity index (χ0n) is 14.3. The van der Waals surface area contributed by atoms with Gasteiger partial charge in [0.25, 0.3) is 0 Å². The van der Waals surface area contributed by atoms with Crippen LogP contribution in [0.5, 0.6) is 0 Å². The van der Waals surface area contributed by atoms with E-state index in [1.54, 1.807) is 0 Å². The van der Waals surface area contributed by atoms with Crippen molar-refractivity contribution in [1.29, 1.82) is 0 Å². The minimum atomic E-state index is -0.191. The number of nitrogens with two attached hydrogens (primary N) is 1. The summed E-state index contributed by atoms with van der Waals surface area (Å²) < 4.78 is 0. The minimum absolute atomic E-state index is 0.0295. The van der Waals surface area contributed by atoms with Crippen LogP contribution in [0.15, 0.2) is 60.7 Å². The quantitative estimate of drug-likeness (QED) is 0.913. The summed E-state index contributed by atoms with van der Waals surface area (Å²) in [5.74, 6) is 2.09. The van der Waals surface area contributed by atoms with E-state index in [0.717, 1.165) is 25.2 Å². The van der Waals surface area contributed by atoms with Gasteiger partial charge in [0.2, 0.25) is 5.91 Å². The molecule has 0 aromatic heterocycles. The van der Waals surface area contributed by atoms with Crippen LogP contribution in [0, 0.1) is 28.6 Å². The summed E-state index contributed by atoms with van der Waals surface area (Å²) in [5.41, 5.74) is 9.07. The second-order valence-electron chi connectivity index (χ2n) is 8.92. The molecule has 2 N–H and O–H groups in total. The van der Waals surface area contributed by atoms with Crippen LogP contribution in [0.4, 0.5) is 0 Å². The molecule has 4 aliphatic rings. The number of amides is 1. The van der Waals surface area contributed by atoms with Crippen molar-refractivity contribution >= 4 is 5.91 Å². The van der Waals surface area contributed by atoms with E-state index < -0.39 is 0 Å². The van der Waals surface area contributed by atoms with Crippen molar-refractivity contribution in [2.24, 2.45) is 34.3 Å². The van der Waals surface area contributed by atoms with Crippen molar-refractivity contribution in [3.63, 3.8) is 0 Å². The zero-order valence-corrected chi connectivity index (χ0v) is 14.3. The smallest absolute Gasteiger partial charge is 0.224 e. The predicted octanol–water partition coefficient (Wildman–Crippen LogP) is 3.70. The molecule has 0 saturated heterocycles. The van der Waals surface area contributed by atoms with Gasteiger partial charge < -0.3 is 5.73 Å². The third kappa shape index (κ3) is 1.23. The summed E-state index contributed by atoms with van der Waals surface area (Å²) in [6.07, 6.45) is 4.44. The van der Waals surface area contributed by atoms with Gasteiger partial charge in [0, 0.05) is 10.8 Å². The number of carbonyl (C=O) groups is 1. The Bertz CT molecular complexity index is 869. The molecule has 2 heteroatoms. The third-order valence-corrected chi connectivity index (χ3v) is 8.64. The first-order valence-electron chi connectivity index (χ1n) is 9.55. The summed E-state index contributed by atoms with van der Waals surface area (Å²) in [6.45, 7) is 0. The maximum absolute atomic E-state index is 12.4. The van der Waals surface area contributed by atoms with Gasteiger partial charge in [-0.25, -0.2) is 0 Å². The van der Waals surface area contributed by atoms with Crippen molar-refractivity contribution in [3.8, 4) is 0 Å². The van der Waals surface area contributed by atoms with E-state index in [2.05, 4.69) is 60.7 Å². The number of hydrogen-bond acceptors (Lipinski definition) is 1. The summed E-state index contributed by atoms with van der Waals surface area (Å²) >= 11 is 0. The second-order valence-corrected chi connectivity index (χ2v) is 8.92. The van der Waals surface area contributed by atoms with Gasteiger partial charge in [0.1, 0.15) is 0 Å². The molecule has 4 fully saturated rings. The maximum Gasteiger partial charge on any atom is 0.224 e. The van der Waals surface area contributed by atoms with E-state index in [1.165, 1.54) is 17.5 Å². The minimum Gasteiger partial charge on any atom is -0.369 e. The normalized spacial score (nSPS) is 44.9. The van der Waals surface area contributed by atoms with Crippen LogP contribution in [-0.2, 0) is 16.6 Å². The Morgan fingerprint density at radius 2 is 1.60 bits per heavy atom. The van der Waals surface area contributed by atoms with Crippen molar-refractivity contribution in [2.75, 3.05) is 0 Å². The fourth-order valence-electron chi connectivity index (χ4n) is 8.06. The van der Waals surface area contributed by atoms with Crippen molar-refractivity contribution in [3.05, 3.63) is 71.8 Å². The summed E-state index contributed by atoms with van der Waals surface area (Å²) in [4.78, 5) is 12.4. The topological polar surface area (TPSA) is 43.1 Å². The van der Waals surface area contributed by atoms with E-state index in [9.17, 15) is 4.79 Å². The number of hydrogen-bond donors (Lipinski definition) is 1. The average Bonchev–Trinajstić information content (AvgIpc) is 2.58. The first kappa shape index (κ1) is 14.1. The molecular formula is C23H23NO. The van der Waals surface area contributed by atoms with Gasteiger partial charge in [-0.3, -0.25) is 4.79 Å². The molecule has 0 aliphatic heterocycles. The first-order valence-corrected chi connectivity index (χ1v) is 9.55. The molecule has 4 aliphatic carbocycles. The van der Waals surface area contributed by atoms with Gasteiger partial charge in [0.05, 0.1) is 5.41 Å². The highest BCUT2D eigenvalue weighted by atomic mass is 16.1. The standard InChI is InChI=1S/C23H23NO/c24-20(25)22-13-19-17(11-15-7-3-1-4-8-15)18-12-21(14-22,23(18,19)22)16-9-5-2-6-10-16/h1-10,17-19H,11-14H2,(H2,24,25). The van der Waals surface area contributed by atoms with Crippen LogP contribution in [0.1, 0.15) is 30.4 Å². The molecule has 1 spiro atoms. The van der Waals surface area contributed by atoms with Crippen LogP contribution in [-0.4, -0.2) is 5.91 Å². The van der Waals surface area contributed by atoms with Gasteiger partial charge in [-0.2, -0.15) is 0 Å². The van der Waals surface area contributed by atoms with Crippen molar-refractivity contribution in [1.82, 2.24) is 0 Å². The summed E-state index contributed by atoms with van der Waals surface area (Å²) in [7, 11) is 0. The fraction of sp³-hybridized carbons (Fsp3) is 0.435. The molecular weight excluding hydrogens is 306 g/mol. The number of carbonyl (C=O) groups excluding carboxylic acids is 1. The molecule has 2 aromatic rings. The first-order chi connectivity index (χ1) is 12.2. The third-order valence-electron chi connectivity index (χ3n) is 8.64. The Hall–Kier alpha value is -2.09. The van der Waals surface area contributed by atoms with Gasteiger partial charge in [-0.1, -0.05) is 60.7 Å². The Morgan fingerprint density at radius 1 is 0.960 bits per heavy atom. The number of primary amides is 1. The van der Waals surface area contributed by atoms with E-state index in [1.807, 2.05) is 0 Å². The fourth-order valence-corrected chi connectivity index (χ4v) is 8.06. The second kappa shape index (κ2) is 4.17. The highest BCUT2D eigenvalue weighted by Crippen LogP contribution is 2.98. The molecule has 6 rings (SSSR count). The largest absolute Gasteiger partial charge is 0.369 e. The van der Waals surface area contributed by atoms with Gasteiger partial charge in [0.15, 0.2) is 0 Å². The van der Waals surface area contributed by atoms with E-state index in [-0.39, 0.29) is 22.2 Å². The van der Waals surface area contributed by atoms with Gasteiger partial charge >= 0.3 is 0 Å². The van der Waals surface area contributed by atoms with Crippen molar-refractivity contribution < 1.29 is 4.79 Å². The average molecular weight is 329 g/mol. The Kier molecular flexibility index (Phi) is 2.36. The maximum atomic E-state index is 12.4. The molecule has 6 atom stereocenters. The van der Waals surface area contributed by atoms with Crippen LogP contribution in [0.3, 0.4) is 0 Å². The van der Waals surface area contributed by atoms with Gasteiger partial charge in [-0.15, -0.1) is 0 Å². The highest BCUT2D eigenvalue weighted by molar-refractivity contribution is 5.88.